The van der Waals surface area contributed by atoms with E-state index in [9.17, 15) is 4.79 Å². The third kappa shape index (κ3) is 1.71. The number of aromatic nitrogens is 3. The van der Waals surface area contributed by atoms with Gasteiger partial charge in [0.25, 0.3) is 5.91 Å². The number of fused-ring (bicyclic) bond motifs is 1. The number of carbonyl (C=O) groups excluding carboxylic acids is 1. The fourth-order valence-electron chi connectivity index (χ4n) is 2.24. The van der Waals surface area contributed by atoms with E-state index in [4.69, 9.17) is 5.73 Å². The molecular weight excluding hydrogens is 230 g/mol. The first-order chi connectivity index (χ1) is 8.75. The molecule has 1 amide bonds. The van der Waals surface area contributed by atoms with Gasteiger partial charge < -0.3 is 11.1 Å². The predicted molar refractivity (Wildman–Crippen MR) is 66.2 cm³/mol. The molecule has 0 fully saturated rings. The second-order valence-electron chi connectivity index (χ2n) is 4.24. The topological polar surface area (TPSA) is 85.8 Å². The fraction of sp³-hybridized carbons (Fsp3) is 0.250. The molecule has 92 valence electrons. The maximum Gasteiger partial charge on any atom is 0.269 e. The molecule has 1 aliphatic heterocycles. The van der Waals surface area contributed by atoms with E-state index in [1.165, 1.54) is 0 Å². The van der Waals surface area contributed by atoms with Crippen LogP contribution in [0.4, 0.5) is 5.82 Å². The van der Waals surface area contributed by atoms with Crippen LogP contribution in [-0.2, 0) is 0 Å². The van der Waals surface area contributed by atoms with E-state index in [1.807, 2.05) is 16.8 Å². The zero-order valence-electron chi connectivity index (χ0n) is 9.71. The molecule has 0 saturated heterocycles. The van der Waals surface area contributed by atoms with Gasteiger partial charge in [-0.15, -0.1) is 0 Å². The minimum absolute atomic E-state index is 0.123. The van der Waals surface area contributed by atoms with E-state index in [2.05, 4.69) is 15.4 Å². The van der Waals surface area contributed by atoms with E-state index in [0.29, 0.717) is 5.69 Å². The molecule has 1 atom stereocenters. The van der Waals surface area contributed by atoms with Crippen LogP contribution in [0, 0.1) is 0 Å². The highest BCUT2D eigenvalue weighted by Crippen LogP contribution is 2.29. The number of primary amides is 1. The summed E-state index contributed by atoms with van der Waals surface area (Å²) in [5.41, 5.74) is 6.68. The Kier molecular flexibility index (Phi) is 2.47. The monoisotopic (exact) mass is 243 g/mol. The highest BCUT2D eigenvalue weighted by Gasteiger charge is 2.24. The Morgan fingerprint density at radius 2 is 2.22 bits per heavy atom. The summed E-state index contributed by atoms with van der Waals surface area (Å²) in [6.07, 6.45) is 4.43. The molecule has 2 aromatic heterocycles. The van der Waals surface area contributed by atoms with Crippen LogP contribution in [-0.4, -0.2) is 27.2 Å². The number of nitrogens with zero attached hydrogens (tertiary/aromatic N) is 3. The molecular formula is C12H13N5O. The number of carbonyl (C=O) groups is 1. The molecule has 6 heteroatoms. The molecule has 6 nitrogen and oxygen atoms in total. The third-order valence-corrected chi connectivity index (χ3v) is 3.10. The number of nitrogens with two attached hydrogens (primary N) is 1. The number of anilines is 1. The van der Waals surface area contributed by atoms with Crippen LogP contribution in [0.25, 0.3) is 0 Å². The van der Waals surface area contributed by atoms with Gasteiger partial charge in [0.05, 0.1) is 6.04 Å². The summed E-state index contributed by atoms with van der Waals surface area (Å²) >= 11 is 0. The molecule has 3 N–H and O–H groups in total. The van der Waals surface area contributed by atoms with Crippen molar-refractivity contribution in [3.63, 3.8) is 0 Å². The molecule has 1 aliphatic rings. The molecule has 0 radical (unpaired) electrons. The Bertz CT molecular complexity index is 577. The number of pyridine rings is 1. The molecule has 3 rings (SSSR count). The van der Waals surface area contributed by atoms with Crippen LogP contribution in [0.3, 0.4) is 0 Å². The lowest BCUT2D eigenvalue weighted by Crippen LogP contribution is -2.24. The van der Waals surface area contributed by atoms with Crippen molar-refractivity contribution in [2.75, 3.05) is 11.9 Å². The summed E-state index contributed by atoms with van der Waals surface area (Å²) in [4.78, 5) is 15.2. The molecule has 0 aromatic carbocycles. The van der Waals surface area contributed by atoms with Crippen LogP contribution < -0.4 is 11.1 Å². The van der Waals surface area contributed by atoms with Gasteiger partial charge in [-0.25, -0.2) is 4.68 Å². The Morgan fingerprint density at radius 1 is 1.44 bits per heavy atom. The average molecular weight is 243 g/mol. The van der Waals surface area contributed by atoms with Crippen LogP contribution >= 0.6 is 0 Å². The second kappa shape index (κ2) is 4.14. The van der Waals surface area contributed by atoms with Crippen molar-refractivity contribution in [2.24, 2.45) is 5.73 Å². The molecule has 1 unspecified atom stereocenters. The van der Waals surface area contributed by atoms with Crippen molar-refractivity contribution in [2.45, 2.75) is 12.5 Å². The van der Waals surface area contributed by atoms with E-state index in [1.54, 1.807) is 18.5 Å². The number of nitrogens with one attached hydrogen (secondary N) is 1. The van der Waals surface area contributed by atoms with Crippen molar-refractivity contribution in [1.29, 1.82) is 0 Å². The first kappa shape index (κ1) is 10.8. The normalized spacial score (nSPS) is 17.9. The summed E-state index contributed by atoms with van der Waals surface area (Å²) in [7, 11) is 0. The number of amides is 1. The Morgan fingerprint density at radius 3 is 2.94 bits per heavy atom. The lowest BCUT2D eigenvalue weighted by molar-refractivity contribution is 0.0994. The molecule has 0 spiro atoms. The van der Waals surface area contributed by atoms with Gasteiger partial charge >= 0.3 is 0 Å². The van der Waals surface area contributed by atoms with Gasteiger partial charge in [-0.05, 0) is 24.1 Å². The van der Waals surface area contributed by atoms with Crippen molar-refractivity contribution in [3.8, 4) is 0 Å². The summed E-state index contributed by atoms with van der Waals surface area (Å²) in [5.74, 6) is 0.323. The van der Waals surface area contributed by atoms with E-state index in [0.717, 1.165) is 24.3 Å². The Hall–Kier alpha value is -2.37. The van der Waals surface area contributed by atoms with E-state index < -0.39 is 5.91 Å². The Labute approximate surface area is 104 Å². The van der Waals surface area contributed by atoms with Crippen molar-refractivity contribution in [3.05, 3.63) is 41.9 Å². The standard InChI is InChI=1S/C12H13N5O/c13-12(18)9-7-11-15-6-3-10(17(11)16-9)8-1-4-14-5-2-8/h1-2,4-5,7,10,15H,3,6H2,(H2,13,18). The lowest BCUT2D eigenvalue weighted by atomic mass is 10.0. The number of rotatable bonds is 2. The minimum Gasteiger partial charge on any atom is -0.370 e. The highest BCUT2D eigenvalue weighted by atomic mass is 16.1. The molecule has 0 bridgehead atoms. The molecule has 18 heavy (non-hydrogen) atoms. The summed E-state index contributed by atoms with van der Waals surface area (Å²) in [6.45, 7) is 0.844. The summed E-state index contributed by atoms with van der Waals surface area (Å²) < 4.78 is 1.82. The van der Waals surface area contributed by atoms with Gasteiger partial charge in [-0.3, -0.25) is 9.78 Å². The van der Waals surface area contributed by atoms with Crippen molar-refractivity contribution < 1.29 is 4.79 Å². The maximum absolute atomic E-state index is 11.2. The predicted octanol–water partition coefficient (Wildman–Crippen LogP) is 0.782. The van der Waals surface area contributed by atoms with Crippen LogP contribution in [0.15, 0.2) is 30.6 Å². The number of hydrogen-bond acceptors (Lipinski definition) is 4. The SMILES string of the molecule is NC(=O)c1cc2n(n1)C(c1ccncc1)CCN2. The van der Waals surface area contributed by atoms with E-state index >= 15 is 0 Å². The van der Waals surface area contributed by atoms with Gasteiger partial charge in [0, 0.05) is 25.0 Å². The van der Waals surface area contributed by atoms with Crippen molar-refractivity contribution in [1.82, 2.24) is 14.8 Å². The smallest absolute Gasteiger partial charge is 0.269 e. The lowest BCUT2D eigenvalue weighted by Gasteiger charge is -2.25. The Balaban J connectivity index is 2.04. The zero-order chi connectivity index (χ0) is 12.5. The fourth-order valence-corrected chi connectivity index (χ4v) is 2.24. The van der Waals surface area contributed by atoms with Gasteiger partial charge in [-0.2, -0.15) is 5.10 Å². The zero-order valence-corrected chi connectivity index (χ0v) is 9.71. The summed E-state index contributed by atoms with van der Waals surface area (Å²) in [5, 5.41) is 7.48. The molecule has 3 heterocycles. The third-order valence-electron chi connectivity index (χ3n) is 3.10. The maximum atomic E-state index is 11.2. The minimum atomic E-state index is -0.507. The quantitative estimate of drug-likeness (QED) is 0.816. The van der Waals surface area contributed by atoms with Crippen LogP contribution in [0.2, 0.25) is 0 Å². The van der Waals surface area contributed by atoms with Crippen LogP contribution in [0.5, 0.6) is 0 Å². The first-order valence-corrected chi connectivity index (χ1v) is 5.79. The largest absolute Gasteiger partial charge is 0.370 e. The molecule has 0 saturated carbocycles. The van der Waals surface area contributed by atoms with Gasteiger partial charge in [-0.1, -0.05) is 0 Å². The first-order valence-electron chi connectivity index (χ1n) is 5.79. The van der Waals surface area contributed by atoms with Gasteiger partial charge in [0.2, 0.25) is 0 Å². The van der Waals surface area contributed by atoms with Gasteiger partial charge in [0.15, 0.2) is 5.69 Å². The van der Waals surface area contributed by atoms with Crippen molar-refractivity contribution >= 4 is 11.7 Å². The van der Waals surface area contributed by atoms with Gasteiger partial charge in [0.1, 0.15) is 5.82 Å². The number of hydrogen-bond donors (Lipinski definition) is 2. The summed E-state index contributed by atoms with van der Waals surface area (Å²) in [6, 6.07) is 5.74. The highest BCUT2D eigenvalue weighted by molar-refractivity contribution is 5.91. The van der Waals surface area contributed by atoms with Crippen LogP contribution in [0.1, 0.15) is 28.5 Å². The molecule has 0 aliphatic carbocycles. The average Bonchev–Trinajstić information content (AvgIpc) is 2.83. The second-order valence-corrected chi connectivity index (χ2v) is 4.24. The molecule has 2 aromatic rings. The van der Waals surface area contributed by atoms with E-state index in [-0.39, 0.29) is 6.04 Å².